The lowest BCUT2D eigenvalue weighted by molar-refractivity contribution is 0.949. The van der Waals surface area contributed by atoms with Crippen LogP contribution in [0.5, 0.6) is 0 Å². The fourth-order valence-corrected chi connectivity index (χ4v) is 3.69. The van der Waals surface area contributed by atoms with E-state index in [4.69, 9.17) is 0 Å². The number of anilines is 5. The van der Waals surface area contributed by atoms with Crippen LogP contribution in [-0.2, 0) is 0 Å². The summed E-state index contributed by atoms with van der Waals surface area (Å²) >= 11 is 0. The van der Waals surface area contributed by atoms with Crippen molar-refractivity contribution in [3.63, 3.8) is 0 Å². The predicted molar refractivity (Wildman–Crippen MR) is 118 cm³/mol. The summed E-state index contributed by atoms with van der Waals surface area (Å²) in [6.45, 7) is 2.30. The van der Waals surface area contributed by atoms with Crippen LogP contribution in [0.1, 0.15) is 12.8 Å². The first-order chi connectivity index (χ1) is 14.3. The Hall–Kier alpha value is -3.67. The first-order valence-corrected chi connectivity index (χ1v) is 9.91. The summed E-state index contributed by atoms with van der Waals surface area (Å²) in [6, 6.07) is 20.4. The first-order valence-electron chi connectivity index (χ1n) is 9.91. The Labute approximate surface area is 169 Å². The van der Waals surface area contributed by atoms with Crippen molar-refractivity contribution in [1.82, 2.24) is 15.0 Å². The zero-order valence-electron chi connectivity index (χ0n) is 16.0. The van der Waals surface area contributed by atoms with Gasteiger partial charge in [-0.3, -0.25) is 4.98 Å². The second-order valence-corrected chi connectivity index (χ2v) is 7.14. The molecule has 29 heavy (non-hydrogen) atoms. The van der Waals surface area contributed by atoms with Gasteiger partial charge in [-0.2, -0.15) is 4.98 Å². The number of nitrogens with one attached hydrogen (secondary N) is 2. The molecule has 3 heterocycles. The smallest absolute Gasteiger partial charge is 0.229 e. The molecule has 2 aromatic carbocycles. The fraction of sp³-hybridized carbons (Fsp3) is 0.174. The maximum Gasteiger partial charge on any atom is 0.229 e. The molecule has 0 radical (unpaired) electrons. The topological polar surface area (TPSA) is 66.0 Å². The Bertz CT molecular complexity index is 1110. The maximum atomic E-state index is 4.60. The summed E-state index contributed by atoms with van der Waals surface area (Å²) in [5, 5.41) is 7.72. The molecule has 1 fully saturated rings. The van der Waals surface area contributed by atoms with Crippen LogP contribution in [0.3, 0.4) is 0 Å². The minimum Gasteiger partial charge on any atom is -0.372 e. The summed E-state index contributed by atoms with van der Waals surface area (Å²) in [7, 11) is 0. The quantitative estimate of drug-likeness (QED) is 0.500. The number of aromatic nitrogens is 3. The van der Waals surface area contributed by atoms with Gasteiger partial charge in [0.25, 0.3) is 0 Å². The third-order valence-corrected chi connectivity index (χ3v) is 5.15. The number of hydrogen-bond donors (Lipinski definition) is 2. The third-order valence-electron chi connectivity index (χ3n) is 5.15. The highest BCUT2D eigenvalue weighted by atomic mass is 15.2. The summed E-state index contributed by atoms with van der Waals surface area (Å²) in [4.78, 5) is 15.8. The number of fused-ring (bicyclic) bond motifs is 1. The molecule has 0 bridgehead atoms. The SMILES string of the molecule is c1cnc2c(Nc3nccc(Nc4ccc(N5CCCC5)cc4)n3)cccc2c1. The Balaban J connectivity index is 1.33. The van der Waals surface area contributed by atoms with Gasteiger partial charge in [0.05, 0.1) is 11.2 Å². The summed E-state index contributed by atoms with van der Waals surface area (Å²) in [6.07, 6.45) is 6.10. The van der Waals surface area contributed by atoms with E-state index in [0.717, 1.165) is 41.2 Å². The molecular formula is C23H22N6. The van der Waals surface area contributed by atoms with Gasteiger partial charge in [0.2, 0.25) is 5.95 Å². The number of para-hydroxylation sites is 1. The molecule has 0 aliphatic carbocycles. The minimum atomic E-state index is 0.529. The average molecular weight is 382 g/mol. The van der Waals surface area contributed by atoms with E-state index in [1.807, 2.05) is 36.4 Å². The summed E-state index contributed by atoms with van der Waals surface area (Å²) < 4.78 is 0. The molecule has 144 valence electrons. The molecule has 1 saturated heterocycles. The van der Waals surface area contributed by atoms with E-state index in [1.54, 1.807) is 12.4 Å². The van der Waals surface area contributed by atoms with Gasteiger partial charge in [-0.05, 0) is 55.3 Å². The maximum absolute atomic E-state index is 4.60. The second-order valence-electron chi connectivity index (χ2n) is 7.14. The van der Waals surface area contributed by atoms with Gasteiger partial charge >= 0.3 is 0 Å². The largest absolute Gasteiger partial charge is 0.372 e. The molecule has 1 aliphatic heterocycles. The van der Waals surface area contributed by atoms with Gasteiger partial charge in [-0.1, -0.05) is 18.2 Å². The molecule has 6 heteroatoms. The van der Waals surface area contributed by atoms with E-state index in [0.29, 0.717) is 5.95 Å². The Morgan fingerprint density at radius 3 is 2.45 bits per heavy atom. The van der Waals surface area contributed by atoms with Crippen molar-refractivity contribution < 1.29 is 0 Å². The molecule has 1 aliphatic rings. The van der Waals surface area contributed by atoms with Gasteiger partial charge in [-0.25, -0.2) is 4.98 Å². The van der Waals surface area contributed by atoms with Gasteiger partial charge in [0.15, 0.2) is 0 Å². The molecule has 0 spiro atoms. The van der Waals surface area contributed by atoms with Crippen LogP contribution in [0.15, 0.2) is 73.1 Å². The van der Waals surface area contributed by atoms with E-state index in [-0.39, 0.29) is 0 Å². The minimum absolute atomic E-state index is 0.529. The number of pyridine rings is 1. The highest BCUT2D eigenvalue weighted by Crippen LogP contribution is 2.25. The molecule has 2 aromatic heterocycles. The van der Waals surface area contributed by atoms with Crippen LogP contribution in [-0.4, -0.2) is 28.0 Å². The number of rotatable bonds is 5. The molecule has 5 rings (SSSR count). The predicted octanol–water partition coefficient (Wildman–Crippen LogP) is 5.11. The average Bonchev–Trinajstić information content (AvgIpc) is 3.30. The fourth-order valence-electron chi connectivity index (χ4n) is 3.69. The number of hydrogen-bond acceptors (Lipinski definition) is 6. The van der Waals surface area contributed by atoms with E-state index >= 15 is 0 Å². The van der Waals surface area contributed by atoms with Crippen molar-refractivity contribution in [2.45, 2.75) is 12.8 Å². The first kappa shape index (κ1) is 17.4. The lowest BCUT2D eigenvalue weighted by atomic mass is 10.2. The van der Waals surface area contributed by atoms with Crippen molar-refractivity contribution >= 4 is 39.7 Å². The van der Waals surface area contributed by atoms with E-state index in [9.17, 15) is 0 Å². The Kier molecular flexibility index (Phi) is 4.66. The van der Waals surface area contributed by atoms with Crippen molar-refractivity contribution in [3.05, 3.63) is 73.1 Å². The van der Waals surface area contributed by atoms with E-state index in [1.165, 1.54) is 18.5 Å². The number of benzene rings is 2. The molecule has 0 unspecified atom stereocenters. The zero-order valence-corrected chi connectivity index (χ0v) is 16.0. The van der Waals surface area contributed by atoms with Crippen LogP contribution < -0.4 is 15.5 Å². The third kappa shape index (κ3) is 3.82. The lowest BCUT2D eigenvalue weighted by Crippen LogP contribution is -2.17. The van der Waals surface area contributed by atoms with Gasteiger partial charge in [-0.15, -0.1) is 0 Å². The van der Waals surface area contributed by atoms with Crippen LogP contribution in [0.25, 0.3) is 10.9 Å². The molecule has 0 saturated carbocycles. The van der Waals surface area contributed by atoms with Crippen LogP contribution in [0, 0.1) is 0 Å². The monoisotopic (exact) mass is 382 g/mol. The van der Waals surface area contributed by atoms with Crippen LogP contribution in [0.4, 0.5) is 28.8 Å². The summed E-state index contributed by atoms with van der Waals surface area (Å²) in [5.74, 6) is 1.27. The highest BCUT2D eigenvalue weighted by Gasteiger charge is 2.12. The molecule has 4 aromatic rings. The van der Waals surface area contributed by atoms with Crippen molar-refractivity contribution in [2.75, 3.05) is 28.6 Å². The molecule has 6 nitrogen and oxygen atoms in total. The lowest BCUT2D eigenvalue weighted by Gasteiger charge is -2.18. The standard InChI is InChI=1S/C23H22N6/c1-2-16-29(15-1)19-10-8-18(9-11-19)26-21-12-14-25-23(28-21)27-20-7-3-5-17-6-4-13-24-22(17)20/h3-14H,1-2,15-16H2,(H2,25,26,27,28). The molecule has 0 atom stereocenters. The second kappa shape index (κ2) is 7.75. The molecule has 2 N–H and O–H groups in total. The van der Waals surface area contributed by atoms with Crippen LogP contribution >= 0.6 is 0 Å². The van der Waals surface area contributed by atoms with Crippen molar-refractivity contribution in [1.29, 1.82) is 0 Å². The van der Waals surface area contributed by atoms with Crippen molar-refractivity contribution in [2.24, 2.45) is 0 Å². The zero-order chi connectivity index (χ0) is 19.5. The van der Waals surface area contributed by atoms with Gasteiger partial charge in [0.1, 0.15) is 5.82 Å². The van der Waals surface area contributed by atoms with Crippen LogP contribution in [0.2, 0.25) is 0 Å². The Morgan fingerprint density at radius 2 is 1.59 bits per heavy atom. The van der Waals surface area contributed by atoms with E-state index < -0.39 is 0 Å². The van der Waals surface area contributed by atoms with E-state index in [2.05, 4.69) is 54.8 Å². The normalized spacial score (nSPS) is 13.6. The number of nitrogens with zero attached hydrogens (tertiary/aromatic N) is 4. The van der Waals surface area contributed by atoms with Gasteiger partial charge in [0, 0.05) is 42.2 Å². The molecular weight excluding hydrogens is 360 g/mol. The Morgan fingerprint density at radius 1 is 0.759 bits per heavy atom. The summed E-state index contributed by atoms with van der Waals surface area (Å²) in [5.41, 5.74) is 4.07. The van der Waals surface area contributed by atoms with Gasteiger partial charge < -0.3 is 15.5 Å². The van der Waals surface area contributed by atoms with Crippen molar-refractivity contribution in [3.8, 4) is 0 Å². The molecule has 0 amide bonds. The highest BCUT2D eigenvalue weighted by molar-refractivity contribution is 5.91.